The van der Waals surface area contributed by atoms with Crippen LogP contribution in [0, 0.1) is 41.5 Å². The van der Waals surface area contributed by atoms with Crippen molar-refractivity contribution < 1.29 is 11.7 Å². The summed E-state index contributed by atoms with van der Waals surface area (Å²) in [4.78, 5) is 2.24. The zero-order valence-corrected chi connectivity index (χ0v) is 20.5. The van der Waals surface area contributed by atoms with E-state index in [1.807, 2.05) is 21.6 Å². The summed E-state index contributed by atoms with van der Waals surface area (Å²) in [5, 5.41) is 0. The van der Waals surface area contributed by atoms with Crippen LogP contribution in [0.15, 0.2) is 69.3 Å². The first kappa shape index (κ1) is 27.5. The lowest BCUT2D eigenvalue weighted by Crippen LogP contribution is -1.86. The van der Waals surface area contributed by atoms with Crippen molar-refractivity contribution in [3.8, 4) is 0 Å². The Morgan fingerprint density at radius 3 is 1.23 bits per heavy atom. The lowest BCUT2D eigenvalue weighted by atomic mass is 10.2. The van der Waals surface area contributed by atoms with E-state index in [-0.39, 0.29) is 7.43 Å². The number of rotatable bonds is 4. The molecule has 0 aliphatic heterocycles. The van der Waals surface area contributed by atoms with Crippen molar-refractivity contribution in [2.45, 2.75) is 63.7 Å². The summed E-state index contributed by atoms with van der Waals surface area (Å²) < 4.78 is 36.8. The Labute approximate surface area is 195 Å². The largest absolute Gasteiger partial charge is 0.237 e. The van der Waals surface area contributed by atoms with Crippen LogP contribution in [-0.4, -0.2) is 0 Å². The molecule has 0 bridgehead atoms. The second-order valence-electron chi connectivity index (χ2n) is 7.38. The molecule has 3 rings (SSSR count). The van der Waals surface area contributed by atoms with E-state index in [0.29, 0.717) is 5.56 Å². The van der Waals surface area contributed by atoms with Gasteiger partial charge < -0.3 is 0 Å². The van der Waals surface area contributed by atoms with Gasteiger partial charge in [-0.05, 0) is 76.4 Å². The predicted molar refractivity (Wildman–Crippen MR) is 135 cm³/mol. The van der Waals surface area contributed by atoms with Crippen molar-refractivity contribution in [3.05, 3.63) is 88.0 Å². The summed E-state index contributed by atoms with van der Waals surface area (Å²) in [6.07, 6.45) is 0. The fourth-order valence-electron chi connectivity index (χ4n) is 2.93. The molecule has 170 valence electrons. The standard InChI is InChI=1S/C16H18S2.C8H9F3S.CH4/c1-11-5-7-15(13(3)9-11)17-18-16-8-6-12(2)10-14(16)4;1-6-3-4-8(7(2)5-6)12(9,10)11;/h5-10H,1-4H3;3-5H,1-2H3;1H4. The van der Waals surface area contributed by atoms with Crippen molar-refractivity contribution >= 4 is 32.8 Å². The molecule has 0 nitrogen and oxygen atoms in total. The van der Waals surface area contributed by atoms with Crippen molar-refractivity contribution in [1.82, 2.24) is 0 Å². The minimum atomic E-state index is -5.05. The van der Waals surface area contributed by atoms with Crippen molar-refractivity contribution in [3.63, 3.8) is 0 Å². The van der Waals surface area contributed by atoms with Crippen LogP contribution in [0.4, 0.5) is 11.7 Å². The van der Waals surface area contributed by atoms with Crippen LogP contribution >= 0.6 is 32.8 Å². The first-order valence-electron chi connectivity index (χ1n) is 9.46. The maximum Gasteiger partial charge on any atom is 0.237 e. The van der Waals surface area contributed by atoms with Gasteiger partial charge in [-0.3, -0.25) is 0 Å². The highest BCUT2D eigenvalue weighted by atomic mass is 33.1. The maximum atomic E-state index is 12.3. The van der Waals surface area contributed by atoms with Crippen LogP contribution < -0.4 is 0 Å². The number of hydrogen-bond donors (Lipinski definition) is 0. The summed E-state index contributed by atoms with van der Waals surface area (Å²) in [7, 11) is 3.69. The molecular weight excluding hydrogens is 453 g/mol. The van der Waals surface area contributed by atoms with Crippen LogP contribution in [0.1, 0.15) is 40.8 Å². The minimum Gasteiger partial charge on any atom is -0.120 e. The molecule has 0 radical (unpaired) electrons. The van der Waals surface area contributed by atoms with Gasteiger partial charge in [0, 0.05) is 9.79 Å². The van der Waals surface area contributed by atoms with Crippen LogP contribution in [0.2, 0.25) is 0 Å². The molecule has 3 aromatic rings. The van der Waals surface area contributed by atoms with Gasteiger partial charge in [0.1, 0.15) is 0 Å². The van der Waals surface area contributed by atoms with Crippen LogP contribution in [0.5, 0.6) is 0 Å². The molecule has 0 aliphatic carbocycles. The Morgan fingerprint density at radius 1 is 0.548 bits per heavy atom. The number of halogens is 3. The van der Waals surface area contributed by atoms with Gasteiger partial charge in [-0.2, -0.15) is 0 Å². The van der Waals surface area contributed by atoms with Gasteiger partial charge in [0.2, 0.25) is 11.2 Å². The van der Waals surface area contributed by atoms with Crippen LogP contribution in [0.3, 0.4) is 0 Å². The van der Waals surface area contributed by atoms with Crippen molar-refractivity contribution in [1.29, 1.82) is 0 Å². The van der Waals surface area contributed by atoms with Gasteiger partial charge in [-0.25, -0.2) is 0 Å². The molecule has 0 atom stereocenters. The van der Waals surface area contributed by atoms with Crippen molar-refractivity contribution in [2.75, 3.05) is 0 Å². The van der Waals surface area contributed by atoms with E-state index in [9.17, 15) is 11.7 Å². The molecule has 0 N–H and O–H groups in total. The first-order valence-corrected chi connectivity index (χ1v) is 12.9. The summed E-state index contributed by atoms with van der Waals surface area (Å²) in [6.45, 7) is 11.9. The van der Waals surface area contributed by atoms with E-state index in [4.69, 9.17) is 0 Å². The fourth-order valence-corrected chi connectivity index (χ4v) is 6.05. The van der Waals surface area contributed by atoms with Crippen LogP contribution in [-0.2, 0) is 0 Å². The molecule has 31 heavy (non-hydrogen) atoms. The summed E-state index contributed by atoms with van der Waals surface area (Å²) in [5.74, 6) is 0. The Bertz CT molecular complexity index is 960. The Hall–Kier alpha value is -1.50. The average Bonchev–Trinajstić information content (AvgIpc) is 2.61. The predicted octanol–water partition coefficient (Wildman–Crippen LogP) is 10.5. The molecule has 6 heteroatoms. The highest BCUT2D eigenvalue weighted by Crippen LogP contribution is 2.61. The van der Waals surface area contributed by atoms with Gasteiger partial charge in [0.15, 0.2) is 0 Å². The smallest absolute Gasteiger partial charge is 0.120 e. The third kappa shape index (κ3) is 8.51. The summed E-state index contributed by atoms with van der Waals surface area (Å²) in [6, 6.07) is 17.5. The van der Waals surface area contributed by atoms with Gasteiger partial charge in [0.25, 0.3) is 0 Å². The van der Waals surface area contributed by atoms with E-state index in [2.05, 4.69) is 64.1 Å². The number of benzene rings is 3. The van der Waals surface area contributed by atoms with E-state index >= 15 is 0 Å². The molecule has 0 spiro atoms. The monoisotopic (exact) mass is 484 g/mol. The molecule has 0 saturated heterocycles. The average molecular weight is 485 g/mol. The normalized spacial score (nSPS) is 11.3. The quantitative estimate of drug-likeness (QED) is 0.338. The molecular formula is C25H31F3S3. The fraction of sp³-hybridized carbons (Fsp3) is 0.280. The lowest BCUT2D eigenvalue weighted by molar-refractivity contribution is 0.631. The van der Waals surface area contributed by atoms with E-state index in [0.717, 1.165) is 11.6 Å². The molecule has 0 unspecified atom stereocenters. The highest BCUT2D eigenvalue weighted by molar-refractivity contribution is 8.76. The van der Waals surface area contributed by atoms with Gasteiger partial charge >= 0.3 is 0 Å². The Kier molecular flexibility index (Phi) is 10.6. The first-order chi connectivity index (χ1) is 14.0. The Morgan fingerprint density at radius 2 is 0.903 bits per heavy atom. The van der Waals surface area contributed by atoms with Crippen molar-refractivity contribution in [2.24, 2.45) is 0 Å². The van der Waals surface area contributed by atoms with Gasteiger partial charge in [-0.1, -0.05) is 82.1 Å². The van der Waals surface area contributed by atoms with E-state index in [1.54, 1.807) is 13.0 Å². The molecule has 3 aromatic carbocycles. The molecule has 0 heterocycles. The van der Waals surface area contributed by atoms with E-state index < -0.39 is 16.1 Å². The van der Waals surface area contributed by atoms with Gasteiger partial charge in [-0.15, -0.1) is 11.7 Å². The van der Waals surface area contributed by atoms with E-state index in [1.165, 1.54) is 45.0 Å². The molecule has 0 fully saturated rings. The molecule has 0 saturated carbocycles. The second kappa shape index (κ2) is 11.9. The molecule has 0 aliphatic rings. The Balaban J connectivity index is 0.000000324. The maximum absolute atomic E-state index is 12.3. The third-order valence-electron chi connectivity index (χ3n) is 4.46. The van der Waals surface area contributed by atoms with Gasteiger partial charge in [0.05, 0.1) is 4.90 Å². The summed E-state index contributed by atoms with van der Waals surface area (Å²) in [5.41, 5.74) is 6.55. The summed E-state index contributed by atoms with van der Waals surface area (Å²) >= 11 is -5.05. The highest BCUT2D eigenvalue weighted by Gasteiger charge is 2.25. The molecule has 0 amide bonds. The lowest BCUT2D eigenvalue weighted by Gasteiger charge is -2.12. The SMILES string of the molecule is C.Cc1ccc(S(F)(F)F)c(C)c1.Cc1ccc(SSc2ccc(C)cc2C)c(C)c1. The second-order valence-corrected chi connectivity index (χ2v) is 10.8. The zero-order valence-electron chi connectivity index (χ0n) is 18.1. The topological polar surface area (TPSA) is 0 Å². The zero-order chi connectivity index (χ0) is 22.5. The number of aryl methyl sites for hydroxylation is 6. The number of hydrogen-bond acceptors (Lipinski definition) is 2. The third-order valence-corrected chi connectivity index (χ3v) is 8.10. The molecule has 0 aromatic heterocycles. The minimum absolute atomic E-state index is 0. The van der Waals surface area contributed by atoms with Crippen LogP contribution in [0.25, 0.3) is 0 Å².